The van der Waals surface area contributed by atoms with Crippen molar-refractivity contribution in [3.8, 4) is 0 Å². The molecule has 6 nitrogen and oxygen atoms in total. The Morgan fingerprint density at radius 3 is 2.55 bits per heavy atom. The van der Waals surface area contributed by atoms with Gasteiger partial charge in [0.15, 0.2) is 5.96 Å². The number of nitrogens with one attached hydrogen (secondary N) is 3. The van der Waals surface area contributed by atoms with Gasteiger partial charge in [0.25, 0.3) is 5.91 Å². The zero-order valence-corrected chi connectivity index (χ0v) is 20.8. The lowest BCUT2D eigenvalue weighted by molar-refractivity contribution is 0.0953. The molecule has 0 bridgehead atoms. The van der Waals surface area contributed by atoms with E-state index < -0.39 is 0 Å². The Bertz CT molecular complexity index is 826. The molecule has 7 heteroatoms. The molecule has 31 heavy (non-hydrogen) atoms. The van der Waals surface area contributed by atoms with Gasteiger partial charge in [0.1, 0.15) is 0 Å². The number of rotatable bonds is 8. The SMILES string of the molecule is CCNC(=NCCCNC(=O)c1ccccc1)NC1CCN(c2ccc(C)cc2)C1.I. The van der Waals surface area contributed by atoms with Gasteiger partial charge < -0.3 is 20.9 Å². The largest absolute Gasteiger partial charge is 0.369 e. The van der Waals surface area contributed by atoms with E-state index in [0.29, 0.717) is 24.7 Å². The van der Waals surface area contributed by atoms with Crippen molar-refractivity contribution in [3.63, 3.8) is 0 Å². The monoisotopic (exact) mass is 535 g/mol. The summed E-state index contributed by atoms with van der Waals surface area (Å²) in [5.41, 5.74) is 3.26. The number of nitrogens with zero attached hydrogens (tertiary/aromatic N) is 2. The quantitative estimate of drug-likeness (QED) is 0.209. The van der Waals surface area contributed by atoms with Crippen LogP contribution in [0, 0.1) is 6.92 Å². The van der Waals surface area contributed by atoms with E-state index in [1.54, 1.807) is 0 Å². The van der Waals surface area contributed by atoms with E-state index in [0.717, 1.165) is 38.4 Å². The average Bonchev–Trinajstić information content (AvgIpc) is 3.23. The highest BCUT2D eigenvalue weighted by molar-refractivity contribution is 14.0. The van der Waals surface area contributed by atoms with Gasteiger partial charge in [-0.2, -0.15) is 0 Å². The summed E-state index contributed by atoms with van der Waals surface area (Å²) in [7, 11) is 0. The molecule has 1 saturated heterocycles. The summed E-state index contributed by atoms with van der Waals surface area (Å²) in [5, 5.41) is 9.84. The minimum atomic E-state index is -0.0354. The molecule has 1 aliphatic heterocycles. The van der Waals surface area contributed by atoms with Crippen LogP contribution < -0.4 is 20.9 Å². The highest BCUT2D eigenvalue weighted by Gasteiger charge is 2.23. The first-order valence-corrected chi connectivity index (χ1v) is 10.9. The molecule has 1 amide bonds. The number of guanidine groups is 1. The van der Waals surface area contributed by atoms with Gasteiger partial charge in [-0.1, -0.05) is 35.9 Å². The number of aliphatic imine (C=N–C) groups is 1. The van der Waals surface area contributed by atoms with E-state index in [9.17, 15) is 4.79 Å². The van der Waals surface area contributed by atoms with Gasteiger partial charge in [-0.25, -0.2) is 0 Å². The number of amides is 1. The third-order valence-electron chi connectivity index (χ3n) is 5.20. The predicted molar refractivity (Wildman–Crippen MR) is 140 cm³/mol. The van der Waals surface area contributed by atoms with Crippen LogP contribution >= 0.6 is 24.0 Å². The number of aryl methyl sites for hydroxylation is 1. The summed E-state index contributed by atoms with van der Waals surface area (Å²) in [6.45, 7) is 8.31. The second kappa shape index (κ2) is 13.2. The van der Waals surface area contributed by atoms with Gasteiger partial charge in [-0.05, 0) is 51.0 Å². The van der Waals surface area contributed by atoms with Crippen LogP contribution in [-0.4, -0.2) is 50.6 Å². The van der Waals surface area contributed by atoms with Gasteiger partial charge in [0.05, 0.1) is 0 Å². The summed E-state index contributed by atoms with van der Waals surface area (Å²) in [4.78, 5) is 19.2. The van der Waals surface area contributed by atoms with E-state index >= 15 is 0 Å². The molecule has 1 atom stereocenters. The van der Waals surface area contributed by atoms with Crippen molar-refractivity contribution in [3.05, 3.63) is 65.7 Å². The molecule has 3 rings (SSSR count). The van der Waals surface area contributed by atoms with Crippen molar-refractivity contribution < 1.29 is 4.79 Å². The van der Waals surface area contributed by atoms with E-state index in [-0.39, 0.29) is 29.9 Å². The van der Waals surface area contributed by atoms with E-state index in [1.165, 1.54) is 11.3 Å². The Labute approximate surface area is 202 Å². The van der Waals surface area contributed by atoms with Gasteiger partial charge in [-0.15, -0.1) is 24.0 Å². The Balaban J connectivity index is 0.00000341. The summed E-state index contributed by atoms with van der Waals surface area (Å²) in [6, 6.07) is 18.4. The zero-order chi connectivity index (χ0) is 21.2. The van der Waals surface area contributed by atoms with Crippen LogP contribution in [0.2, 0.25) is 0 Å². The molecule has 1 unspecified atom stereocenters. The summed E-state index contributed by atoms with van der Waals surface area (Å²) in [6.07, 6.45) is 1.89. The minimum absolute atomic E-state index is 0. The second-order valence-corrected chi connectivity index (χ2v) is 7.65. The second-order valence-electron chi connectivity index (χ2n) is 7.65. The minimum Gasteiger partial charge on any atom is -0.369 e. The molecule has 3 N–H and O–H groups in total. The predicted octanol–water partition coefficient (Wildman–Crippen LogP) is 3.57. The molecule has 0 aliphatic carbocycles. The lowest BCUT2D eigenvalue weighted by atomic mass is 10.2. The van der Waals surface area contributed by atoms with Crippen LogP contribution in [0.5, 0.6) is 0 Å². The van der Waals surface area contributed by atoms with Crippen LogP contribution in [0.15, 0.2) is 59.6 Å². The number of halogens is 1. The number of anilines is 1. The summed E-state index contributed by atoms with van der Waals surface area (Å²) in [5.74, 6) is 0.814. The number of benzene rings is 2. The van der Waals surface area contributed by atoms with Crippen molar-refractivity contribution in [1.29, 1.82) is 0 Å². The molecular weight excluding hydrogens is 501 g/mol. The maximum atomic E-state index is 12.1. The van der Waals surface area contributed by atoms with Crippen molar-refractivity contribution in [2.45, 2.75) is 32.7 Å². The van der Waals surface area contributed by atoms with E-state index in [2.05, 4.69) is 64.0 Å². The third kappa shape index (κ3) is 8.05. The van der Waals surface area contributed by atoms with Crippen LogP contribution in [-0.2, 0) is 0 Å². The molecular formula is C24H34IN5O. The fourth-order valence-electron chi connectivity index (χ4n) is 3.54. The van der Waals surface area contributed by atoms with Crippen LogP contribution in [0.1, 0.15) is 35.7 Å². The van der Waals surface area contributed by atoms with Crippen LogP contribution in [0.3, 0.4) is 0 Å². The van der Waals surface area contributed by atoms with Gasteiger partial charge in [0.2, 0.25) is 0 Å². The lowest BCUT2D eigenvalue weighted by Crippen LogP contribution is -2.44. The van der Waals surface area contributed by atoms with Crippen LogP contribution in [0.25, 0.3) is 0 Å². The Hall–Kier alpha value is -2.29. The first-order valence-electron chi connectivity index (χ1n) is 10.9. The molecule has 0 saturated carbocycles. The van der Waals surface area contributed by atoms with Crippen molar-refractivity contribution in [2.75, 3.05) is 37.6 Å². The van der Waals surface area contributed by atoms with Gasteiger partial charge in [-0.3, -0.25) is 9.79 Å². The molecule has 0 radical (unpaired) electrons. The maximum Gasteiger partial charge on any atom is 0.251 e. The van der Waals surface area contributed by atoms with Gasteiger partial charge >= 0.3 is 0 Å². The molecule has 168 valence electrons. The summed E-state index contributed by atoms with van der Waals surface area (Å²) < 4.78 is 0. The molecule has 0 aromatic heterocycles. The van der Waals surface area contributed by atoms with E-state index in [4.69, 9.17) is 0 Å². The Morgan fingerprint density at radius 1 is 1.10 bits per heavy atom. The van der Waals surface area contributed by atoms with Crippen molar-refractivity contribution in [2.24, 2.45) is 4.99 Å². The highest BCUT2D eigenvalue weighted by atomic mass is 127. The smallest absolute Gasteiger partial charge is 0.251 e. The fraction of sp³-hybridized carbons (Fsp3) is 0.417. The Morgan fingerprint density at radius 2 is 1.84 bits per heavy atom. The number of hydrogen-bond donors (Lipinski definition) is 3. The van der Waals surface area contributed by atoms with Crippen molar-refractivity contribution in [1.82, 2.24) is 16.0 Å². The van der Waals surface area contributed by atoms with E-state index in [1.807, 2.05) is 30.3 Å². The molecule has 2 aromatic carbocycles. The molecule has 1 heterocycles. The maximum absolute atomic E-state index is 12.1. The highest BCUT2D eigenvalue weighted by Crippen LogP contribution is 2.20. The van der Waals surface area contributed by atoms with Crippen molar-refractivity contribution >= 4 is 41.5 Å². The zero-order valence-electron chi connectivity index (χ0n) is 18.4. The van der Waals surface area contributed by atoms with Gasteiger partial charge in [0, 0.05) is 50.0 Å². The fourth-order valence-corrected chi connectivity index (χ4v) is 3.54. The average molecular weight is 535 g/mol. The molecule has 1 aliphatic rings. The summed E-state index contributed by atoms with van der Waals surface area (Å²) >= 11 is 0. The third-order valence-corrected chi connectivity index (χ3v) is 5.20. The topological polar surface area (TPSA) is 68.8 Å². The molecule has 1 fully saturated rings. The first-order chi connectivity index (χ1) is 14.7. The normalized spacial score (nSPS) is 15.9. The lowest BCUT2D eigenvalue weighted by Gasteiger charge is -2.20. The molecule has 2 aromatic rings. The number of carbonyl (C=O) groups is 1. The Kier molecular flexibility index (Phi) is 10.6. The molecule has 0 spiro atoms. The van der Waals surface area contributed by atoms with Crippen LogP contribution in [0.4, 0.5) is 5.69 Å². The number of hydrogen-bond acceptors (Lipinski definition) is 3. The number of carbonyl (C=O) groups excluding carboxylic acids is 1. The standard InChI is InChI=1S/C24H33N5O.HI/c1-3-25-24(27-16-7-15-26-23(30)20-8-5-4-6-9-20)28-21-14-17-29(18-21)22-12-10-19(2)11-13-22;/h4-6,8-13,21H,3,7,14-18H2,1-2H3,(H,26,30)(H2,25,27,28);1H. The first kappa shape index (κ1) is 25.0.